The van der Waals surface area contributed by atoms with Gasteiger partial charge in [-0.05, 0) is 12.8 Å². The molecular weight excluding hydrogens is 252 g/mol. The summed E-state index contributed by atoms with van der Waals surface area (Å²) < 4.78 is 5.11. The van der Waals surface area contributed by atoms with Gasteiger partial charge in [0, 0.05) is 22.6 Å². The summed E-state index contributed by atoms with van der Waals surface area (Å²) in [7, 11) is 1.41. The van der Waals surface area contributed by atoms with E-state index in [1.165, 1.54) is 7.11 Å². The van der Waals surface area contributed by atoms with Gasteiger partial charge in [0.15, 0.2) is 11.5 Å². The molecule has 94 valence electrons. The standard InChI is InChI=1S/C14H13ClO3/c1-18-14-11(7-4-8-15)12(16)9-5-2-3-6-10(9)13(14)17/h2-3,5-6H,4,7-8H2,1H3. The van der Waals surface area contributed by atoms with Crippen molar-refractivity contribution in [3.05, 3.63) is 46.7 Å². The Kier molecular flexibility index (Phi) is 3.82. The molecule has 1 aromatic carbocycles. The molecule has 0 heterocycles. The lowest BCUT2D eigenvalue weighted by Gasteiger charge is -2.19. The topological polar surface area (TPSA) is 43.4 Å². The number of benzene rings is 1. The van der Waals surface area contributed by atoms with E-state index in [2.05, 4.69) is 0 Å². The summed E-state index contributed by atoms with van der Waals surface area (Å²) in [5, 5.41) is 0. The van der Waals surface area contributed by atoms with Gasteiger partial charge in [-0.2, -0.15) is 0 Å². The lowest BCUT2D eigenvalue weighted by molar-refractivity contribution is 0.0902. The van der Waals surface area contributed by atoms with E-state index >= 15 is 0 Å². The quantitative estimate of drug-likeness (QED) is 0.785. The number of carbonyl (C=O) groups excluding carboxylic acids is 2. The zero-order valence-electron chi connectivity index (χ0n) is 10.0. The second-order valence-electron chi connectivity index (χ2n) is 4.01. The second-order valence-corrected chi connectivity index (χ2v) is 4.39. The summed E-state index contributed by atoms with van der Waals surface area (Å²) in [6.45, 7) is 0. The maximum atomic E-state index is 12.3. The van der Waals surface area contributed by atoms with E-state index < -0.39 is 0 Å². The molecule has 1 aliphatic carbocycles. The summed E-state index contributed by atoms with van der Waals surface area (Å²) in [4.78, 5) is 24.5. The molecule has 1 aromatic rings. The summed E-state index contributed by atoms with van der Waals surface area (Å²) in [6.07, 6.45) is 1.11. The van der Waals surface area contributed by atoms with E-state index in [-0.39, 0.29) is 17.3 Å². The molecule has 0 unspecified atom stereocenters. The highest BCUT2D eigenvalue weighted by Gasteiger charge is 2.32. The minimum absolute atomic E-state index is 0.132. The summed E-state index contributed by atoms with van der Waals surface area (Å²) in [6, 6.07) is 6.80. The van der Waals surface area contributed by atoms with Crippen molar-refractivity contribution in [1.29, 1.82) is 0 Å². The van der Waals surface area contributed by atoms with Crippen LogP contribution in [0.3, 0.4) is 0 Å². The van der Waals surface area contributed by atoms with Crippen molar-refractivity contribution in [2.45, 2.75) is 12.8 Å². The number of hydrogen-bond acceptors (Lipinski definition) is 3. The highest BCUT2D eigenvalue weighted by molar-refractivity contribution is 6.26. The van der Waals surface area contributed by atoms with Gasteiger partial charge in [0.25, 0.3) is 0 Å². The fraction of sp³-hybridized carbons (Fsp3) is 0.286. The first kappa shape index (κ1) is 12.8. The third-order valence-corrected chi connectivity index (χ3v) is 3.20. The maximum absolute atomic E-state index is 12.3. The molecule has 0 aliphatic heterocycles. The van der Waals surface area contributed by atoms with E-state index in [9.17, 15) is 9.59 Å². The number of ether oxygens (including phenoxy) is 1. The fourth-order valence-corrected chi connectivity index (χ4v) is 2.22. The number of fused-ring (bicyclic) bond motifs is 1. The Labute approximate surface area is 110 Å². The molecule has 0 radical (unpaired) electrons. The van der Waals surface area contributed by atoms with Crippen LogP contribution in [0.5, 0.6) is 0 Å². The molecule has 18 heavy (non-hydrogen) atoms. The first-order valence-corrected chi connectivity index (χ1v) is 6.25. The predicted molar refractivity (Wildman–Crippen MR) is 69.1 cm³/mol. The average molecular weight is 265 g/mol. The van der Waals surface area contributed by atoms with Crippen molar-refractivity contribution >= 4 is 23.2 Å². The van der Waals surface area contributed by atoms with E-state index in [1.54, 1.807) is 24.3 Å². The van der Waals surface area contributed by atoms with Gasteiger partial charge in [-0.3, -0.25) is 9.59 Å². The van der Waals surface area contributed by atoms with Gasteiger partial charge in [0.05, 0.1) is 7.11 Å². The molecule has 0 fully saturated rings. The van der Waals surface area contributed by atoms with E-state index in [0.29, 0.717) is 35.4 Å². The molecule has 0 bridgehead atoms. The monoisotopic (exact) mass is 264 g/mol. The van der Waals surface area contributed by atoms with E-state index in [4.69, 9.17) is 16.3 Å². The van der Waals surface area contributed by atoms with Crippen LogP contribution in [0.2, 0.25) is 0 Å². The van der Waals surface area contributed by atoms with Crippen LogP contribution >= 0.6 is 11.6 Å². The predicted octanol–water partition coefficient (Wildman–Crippen LogP) is 2.99. The fourth-order valence-electron chi connectivity index (χ4n) is 2.09. The molecular formula is C14H13ClO3. The molecule has 0 aromatic heterocycles. The van der Waals surface area contributed by atoms with Crippen LogP contribution in [0.4, 0.5) is 0 Å². The molecule has 1 aliphatic rings. The molecule has 0 spiro atoms. The van der Waals surface area contributed by atoms with Gasteiger partial charge in [0.1, 0.15) is 0 Å². The molecule has 0 N–H and O–H groups in total. The van der Waals surface area contributed by atoms with Crippen molar-refractivity contribution < 1.29 is 14.3 Å². The third-order valence-electron chi connectivity index (χ3n) is 2.94. The lowest BCUT2D eigenvalue weighted by Crippen LogP contribution is -2.23. The molecule has 0 atom stereocenters. The first-order chi connectivity index (χ1) is 8.70. The van der Waals surface area contributed by atoms with Gasteiger partial charge >= 0.3 is 0 Å². The second kappa shape index (κ2) is 5.36. The molecule has 0 saturated carbocycles. The van der Waals surface area contributed by atoms with Crippen molar-refractivity contribution in [2.24, 2.45) is 0 Å². The summed E-state index contributed by atoms with van der Waals surface area (Å²) in [5.74, 6) is 0.247. The van der Waals surface area contributed by atoms with Gasteiger partial charge in [0.2, 0.25) is 5.78 Å². The SMILES string of the molecule is COC1=C(CCCCl)C(=O)c2ccccc2C1=O. The Morgan fingerprint density at radius 1 is 1.11 bits per heavy atom. The van der Waals surface area contributed by atoms with Crippen LogP contribution < -0.4 is 0 Å². The smallest absolute Gasteiger partial charge is 0.228 e. The van der Waals surface area contributed by atoms with Crippen molar-refractivity contribution in [3.63, 3.8) is 0 Å². The summed E-state index contributed by atoms with van der Waals surface area (Å²) in [5.41, 5.74) is 1.30. The Bertz CT molecular complexity index is 532. The van der Waals surface area contributed by atoms with Crippen molar-refractivity contribution in [3.8, 4) is 0 Å². The number of ketones is 2. The van der Waals surface area contributed by atoms with Crippen molar-refractivity contribution in [2.75, 3.05) is 13.0 Å². The average Bonchev–Trinajstić information content (AvgIpc) is 2.41. The molecule has 0 amide bonds. The van der Waals surface area contributed by atoms with Crippen LogP contribution in [-0.2, 0) is 4.74 Å². The largest absolute Gasteiger partial charge is 0.492 e. The third kappa shape index (κ3) is 2.06. The zero-order chi connectivity index (χ0) is 13.1. The van der Waals surface area contributed by atoms with Crippen LogP contribution in [0.15, 0.2) is 35.6 Å². The highest BCUT2D eigenvalue weighted by atomic mass is 35.5. The minimum atomic E-state index is -0.225. The Hall–Kier alpha value is -1.61. The number of hydrogen-bond donors (Lipinski definition) is 0. The minimum Gasteiger partial charge on any atom is -0.492 e. The van der Waals surface area contributed by atoms with Crippen LogP contribution in [0, 0.1) is 0 Å². The number of allylic oxidation sites excluding steroid dienone is 2. The normalized spacial score (nSPS) is 14.8. The van der Waals surface area contributed by atoms with Gasteiger partial charge in [-0.15, -0.1) is 11.6 Å². The van der Waals surface area contributed by atoms with Gasteiger partial charge in [-0.25, -0.2) is 0 Å². The molecule has 4 heteroatoms. The zero-order valence-corrected chi connectivity index (χ0v) is 10.8. The Morgan fingerprint density at radius 2 is 1.72 bits per heavy atom. The van der Waals surface area contributed by atoms with Crippen molar-refractivity contribution in [1.82, 2.24) is 0 Å². The molecule has 2 rings (SSSR count). The van der Waals surface area contributed by atoms with Gasteiger partial charge < -0.3 is 4.74 Å². The maximum Gasteiger partial charge on any atom is 0.228 e. The summed E-state index contributed by atoms with van der Waals surface area (Å²) >= 11 is 5.64. The van der Waals surface area contributed by atoms with E-state index in [0.717, 1.165) is 0 Å². The molecule has 3 nitrogen and oxygen atoms in total. The van der Waals surface area contributed by atoms with Crippen LogP contribution in [0.1, 0.15) is 33.6 Å². The lowest BCUT2D eigenvalue weighted by atomic mass is 9.86. The number of halogens is 1. The Balaban J connectivity index is 2.50. The Morgan fingerprint density at radius 3 is 2.28 bits per heavy atom. The first-order valence-electron chi connectivity index (χ1n) is 5.72. The number of rotatable bonds is 4. The van der Waals surface area contributed by atoms with Gasteiger partial charge in [-0.1, -0.05) is 24.3 Å². The molecule has 0 saturated heterocycles. The highest BCUT2D eigenvalue weighted by Crippen LogP contribution is 2.29. The number of Topliss-reactive ketones (excluding diaryl/α,β-unsaturated/α-hetero) is 2. The number of alkyl halides is 1. The van der Waals surface area contributed by atoms with Crippen LogP contribution in [-0.4, -0.2) is 24.6 Å². The number of methoxy groups -OCH3 is 1. The van der Waals surface area contributed by atoms with Crippen LogP contribution in [0.25, 0.3) is 0 Å². The van der Waals surface area contributed by atoms with E-state index in [1.807, 2.05) is 0 Å². The number of carbonyl (C=O) groups is 2.